The standard InChI is InChI=1S/C26H18F2O5/c1-3-25(29)32-14-13-31-24-12-9-19(15-23(24)28)17-5-7-18(8-6-17)21-11-10-20(16-22(21)27)33-26(30)4-2/h3-16H,1-2H2/b14-13-. The van der Waals surface area contributed by atoms with E-state index < -0.39 is 23.6 Å². The number of hydrogen-bond acceptors (Lipinski definition) is 5. The van der Waals surface area contributed by atoms with Gasteiger partial charge >= 0.3 is 11.9 Å². The van der Waals surface area contributed by atoms with Crippen LogP contribution in [0.15, 0.2) is 98.5 Å². The van der Waals surface area contributed by atoms with Crippen molar-refractivity contribution in [2.45, 2.75) is 0 Å². The van der Waals surface area contributed by atoms with Crippen molar-refractivity contribution in [1.29, 1.82) is 0 Å². The molecular weight excluding hydrogens is 430 g/mol. The summed E-state index contributed by atoms with van der Waals surface area (Å²) in [7, 11) is 0. The Hall–Kier alpha value is -4.52. The highest BCUT2D eigenvalue weighted by Gasteiger charge is 2.10. The SMILES string of the molecule is C=CC(=O)O/C=C\Oc1ccc(-c2ccc(-c3ccc(OC(=O)C=C)cc3F)cc2)cc1F. The fraction of sp³-hybridized carbons (Fsp3) is 0. The normalized spacial score (nSPS) is 10.5. The molecule has 166 valence electrons. The maximum absolute atomic E-state index is 14.5. The molecule has 3 rings (SSSR count). The van der Waals surface area contributed by atoms with E-state index in [1.54, 1.807) is 30.3 Å². The van der Waals surface area contributed by atoms with Gasteiger partial charge in [0.2, 0.25) is 0 Å². The van der Waals surface area contributed by atoms with Gasteiger partial charge in [0.15, 0.2) is 11.6 Å². The number of carbonyl (C=O) groups is 2. The molecule has 3 aromatic rings. The number of rotatable bonds is 8. The third-order valence-electron chi connectivity index (χ3n) is 4.39. The molecule has 0 amide bonds. The molecule has 3 aromatic carbocycles. The Kier molecular flexibility index (Phi) is 7.49. The van der Waals surface area contributed by atoms with E-state index in [-0.39, 0.29) is 11.5 Å². The highest BCUT2D eigenvalue weighted by Crippen LogP contribution is 2.30. The van der Waals surface area contributed by atoms with Crippen LogP contribution < -0.4 is 9.47 Å². The number of ether oxygens (including phenoxy) is 3. The van der Waals surface area contributed by atoms with E-state index in [1.807, 2.05) is 0 Å². The summed E-state index contributed by atoms with van der Waals surface area (Å²) in [4.78, 5) is 22.2. The van der Waals surface area contributed by atoms with E-state index in [2.05, 4.69) is 17.9 Å². The summed E-state index contributed by atoms with van der Waals surface area (Å²) in [6, 6.07) is 15.3. The second kappa shape index (κ2) is 10.7. The number of benzene rings is 3. The molecule has 0 N–H and O–H groups in total. The Balaban J connectivity index is 1.73. The van der Waals surface area contributed by atoms with Crippen LogP contribution in [0.25, 0.3) is 22.3 Å². The summed E-state index contributed by atoms with van der Waals surface area (Å²) < 4.78 is 43.5. The molecule has 0 unspecified atom stereocenters. The summed E-state index contributed by atoms with van der Waals surface area (Å²) in [5.41, 5.74) is 2.20. The molecule has 0 fully saturated rings. The molecule has 0 atom stereocenters. The van der Waals surface area contributed by atoms with Gasteiger partial charge < -0.3 is 14.2 Å². The predicted molar refractivity (Wildman–Crippen MR) is 119 cm³/mol. The lowest BCUT2D eigenvalue weighted by molar-refractivity contribution is -0.132. The van der Waals surface area contributed by atoms with E-state index >= 15 is 0 Å². The summed E-state index contributed by atoms with van der Waals surface area (Å²) >= 11 is 0. The smallest absolute Gasteiger partial charge is 0.335 e. The Labute approximate surface area is 188 Å². The molecule has 0 aliphatic carbocycles. The van der Waals surface area contributed by atoms with E-state index in [9.17, 15) is 18.4 Å². The van der Waals surface area contributed by atoms with Crippen molar-refractivity contribution in [3.8, 4) is 33.8 Å². The molecule has 0 spiro atoms. The maximum atomic E-state index is 14.5. The molecule has 0 saturated heterocycles. The van der Waals surface area contributed by atoms with Gasteiger partial charge in [0, 0.05) is 23.8 Å². The van der Waals surface area contributed by atoms with Gasteiger partial charge in [0.1, 0.15) is 24.1 Å². The molecule has 33 heavy (non-hydrogen) atoms. The van der Waals surface area contributed by atoms with Gasteiger partial charge in [-0.3, -0.25) is 0 Å². The molecule has 5 nitrogen and oxygen atoms in total. The monoisotopic (exact) mass is 448 g/mol. The van der Waals surface area contributed by atoms with Gasteiger partial charge in [-0.1, -0.05) is 43.5 Å². The van der Waals surface area contributed by atoms with Gasteiger partial charge in [-0.05, 0) is 41.0 Å². The Morgan fingerprint density at radius 1 is 0.727 bits per heavy atom. The van der Waals surface area contributed by atoms with Crippen molar-refractivity contribution in [3.05, 3.63) is 110 Å². The minimum Gasteiger partial charge on any atom is -0.459 e. The molecule has 0 radical (unpaired) electrons. The summed E-state index contributed by atoms with van der Waals surface area (Å²) in [5.74, 6) is -2.50. The van der Waals surface area contributed by atoms with Gasteiger partial charge in [0.05, 0.1) is 0 Å². The molecule has 0 heterocycles. The average molecular weight is 448 g/mol. The molecule has 7 heteroatoms. The number of carbonyl (C=O) groups excluding carboxylic acids is 2. The minimum absolute atomic E-state index is 0.0550. The van der Waals surface area contributed by atoms with Crippen LogP contribution in [0.3, 0.4) is 0 Å². The van der Waals surface area contributed by atoms with Crippen LogP contribution >= 0.6 is 0 Å². The summed E-state index contributed by atoms with van der Waals surface area (Å²) in [5, 5.41) is 0. The first-order valence-electron chi connectivity index (χ1n) is 9.60. The summed E-state index contributed by atoms with van der Waals surface area (Å²) in [6.45, 7) is 6.54. The zero-order valence-electron chi connectivity index (χ0n) is 17.3. The van der Waals surface area contributed by atoms with Gasteiger partial charge in [-0.2, -0.15) is 0 Å². The zero-order valence-corrected chi connectivity index (χ0v) is 17.3. The van der Waals surface area contributed by atoms with Crippen LogP contribution in [0.5, 0.6) is 11.5 Å². The molecule has 0 bridgehead atoms. The van der Waals surface area contributed by atoms with Gasteiger partial charge in [-0.15, -0.1) is 0 Å². The quantitative estimate of drug-likeness (QED) is 0.184. The van der Waals surface area contributed by atoms with E-state index in [0.717, 1.165) is 30.7 Å². The zero-order chi connectivity index (χ0) is 23.8. The highest BCUT2D eigenvalue weighted by molar-refractivity contribution is 5.83. The maximum Gasteiger partial charge on any atom is 0.335 e. The van der Waals surface area contributed by atoms with Crippen LogP contribution in [0.2, 0.25) is 0 Å². The first-order valence-corrected chi connectivity index (χ1v) is 9.60. The number of esters is 2. The molecule has 0 aromatic heterocycles. The third-order valence-corrected chi connectivity index (χ3v) is 4.39. The largest absolute Gasteiger partial charge is 0.459 e. The van der Waals surface area contributed by atoms with Crippen molar-refractivity contribution in [3.63, 3.8) is 0 Å². The lowest BCUT2D eigenvalue weighted by Gasteiger charge is -2.09. The molecule has 0 aliphatic heterocycles. The van der Waals surface area contributed by atoms with Crippen LogP contribution in [0, 0.1) is 11.6 Å². The van der Waals surface area contributed by atoms with Gasteiger partial charge in [0.25, 0.3) is 0 Å². The minimum atomic E-state index is -0.678. The second-order valence-corrected chi connectivity index (χ2v) is 6.52. The molecule has 0 saturated carbocycles. The van der Waals surface area contributed by atoms with Crippen LogP contribution in [-0.4, -0.2) is 11.9 Å². The van der Waals surface area contributed by atoms with Crippen LogP contribution in [0.1, 0.15) is 0 Å². The second-order valence-electron chi connectivity index (χ2n) is 6.52. The fourth-order valence-corrected chi connectivity index (χ4v) is 2.81. The average Bonchev–Trinajstić information content (AvgIpc) is 2.82. The van der Waals surface area contributed by atoms with Gasteiger partial charge in [-0.25, -0.2) is 18.4 Å². The Bertz CT molecular complexity index is 1230. The lowest BCUT2D eigenvalue weighted by atomic mass is 10.00. The van der Waals surface area contributed by atoms with Crippen molar-refractivity contribution < 1.29 is 32.6 Å². The van der Waals surface area contributed by atoms with E-state index in [0.29, 0.717) is 22.3 Å². The predicted octanol–water partition coefficient (Wildman–Crippen LogP) is 5.97. The fourth-order valence-electron chi connectivity index (χ4n) is 2.81. The highest BCUT2D eigenvalue weighted by atomic mass is 19.1. The Morgan fingerprint density at radius 3 is 2.03 bits per heavy atom. The lowest BCUT2D eigenvalue weighted by Crippen LogP contribution is -2.03. The molecule has 0 aliphatic rings. The first-order chi connectivity index (χ1) is 15.9. The van der Waals surface area contributed by atoms with Crippen LogP contribution in [0.4, 0.5) is 8.78 Å². The topological polar surface area (TPSA) is 61.8 Å². The van der Waals surface area contributed by atoms with E-state index in [1.165, 1.54) is 24.3 Å². The molecular formula is C26H18F2O5. The number of hydrogen-bond donors (Lipinski definition) is 0. The number of halogens is 2. The van der Waals surface area contributed by atoms with Crippen molar-refractivity contribution in [2.24, 2.45) is 0 Å². The van der Waals surface area contributed by atoms with Crippen molar-refractivity contribution >= 4 is 11.9 Å². The first kappa shape index (κ1) is 23.1. The summed E-state index contributed by atoms with van der Waals surface area (Å²) in [6.07, 6.45) is 3.98. The Morgan fingerprint density at radius 2 is 1.39 bits per heavy atom. The van der Waals surface area contributed by atoms with E-state index in [4.69, 9.17) is 9.47 Å². The third kappa shape index (κ3) is 6.01. The van der Waals surface area contributed by atoms with Crippen LogP contribution in [-0.2, 0) is 14.3 Å². The van der Waals surface area contributed by atoms with Crippen molar-refractivity contribution in [1.82, 2.24) is 0 Å². The van der Waals surface area contributed by atoms with Crippen molar-refractivity contribution in [2.75, 3.05) is 0 Å².